The summed E-state index contributed by atoms with van der Waals surface area (Å²) in [5.74, 6) is 0.0104. The van der Waals surface area contributed by atoms with Crippen LogP contribution < -0.4 is 29.1 Å². The Labute approximate surface area is 133 Å². The Morgan fingerprint density at radius 3 is 2.35 bits per heavy atom. The van der Waals surface area contributed by atoms with E-state index in [4.69, 9.17) is 0 Å². The summed E-state index contributed by atoms with van der Waals surface area (Å²) in [6.45, 7) is 1.28. The van der Waals surface area contributed by atoms with E-state index in [0.29, 0.717) is 12.8 Å². The van der Waals surface area contributed by atoms with Crippen molar-refractivity contribution in [1.82, 2.24) is 0 Å². The Morgan fingerprint density at radius 2 is 1.75 bits per heavy atom. The van der Waals surface area contributed by atoms with Crippen molar-refractivity contribution in [3.8, 4) is 0 Å². The van der Waals surface area contributed by atoms with Gasteiger partial charge in [-0.05, 0) is 37.8 Å². The summed E-state index contributed by atoms with van der Waals surface area (Å²) in [6, 6.07) is 9.36. The van der Waals surface area contributed by atoms with Crippen molar-refractivity contribution in [2.24, 2.45) is 0 Å². The third-order valence-electron chi connectivity index (χ3n) is 2.78. The Kier molecular flexibility index (Phi) is 9.97. The number of amides is 1. The second-order valence-corrected chi connectivity index (χ2v) is 7.29. The van der Waals surface area contributed by atoms with Gasteiger partial charge in [0.2, 0.25) is 5.91 Å². The normalized spacial score (nSPS) is 13.1. The molecule has 20 heavy (non-hydrogen) atoms. The molecule has 0 aromatic heterocycles. The van der Waals surface area contributed by atoms with Gasteiger partial charge in [-0.3, -0.25) is 4.79 Å². The number of para-hydroxylation sites is 1. The van der Waals surface area contributed by atoms with E-state index >= 15 is 0 Å². The predicted molar refractivity (Wildman–Crippen MR) is 76.6 cm³/mol. The van der Waals surface area contributed by atoms with Crippen LogP contribution in [0.15, 0.2) is 30.3 Å². The molecule has 1 unspecified atom stereocenters. The molecule has 1 amide bonds. The molecule has 0 spiro atoms. The molecule has 0 heterocycles. The van der Waals surface area contributed by atoms with Crippen molar-refractivity contribution < 1.29 is 33.1 Å². The maximum Gasteiger partial charge on any atom is 1.00 e. The van der Waals surface area contributed by atoms with Crippen LogP contribution in [0.4, 0.5) is 5.69 Å². The van der Waals surface area contributed by atoms with Crippen LogP contribution in [-0.4, -0.2) is 18.7 Å². The molecule has 1 N–H and O–H groups in total. The molecule has 0 aliphatic rings. The summed E-state index contributed by atoms with van der Waals surface area (Å²) in [5, 5.41) is 2.82. The minimum absolute atomic E-state index is 0. The molecule has 0 bridgehead atoms. The molecule has 106 valence electrons. The Balaban J connectivity index is 0.00000361. The summed E-state index contributed by atoms with van der Waals surface area (Å²) in [6.07, 6.45) is 3.99. The molecule has 0 aliphatic heterocycles. The van der Waals surface area contributed by atoms with Gasteiger partial charge in [0.25, 0.3) is 0 Å². The molecular weight excluding hydrogens is 268 g/mol. The first-order valence-electron chi connectivity index (χ1n) is 6.60. The van der Waals surface area contributed by atoms with E-state index in [0.717, 1.165) is 24.9 Å². The molecule has 4 nitrogen and oxygen atoms in total. The van der Waals surface area contributed by atoms with Gasteiger partial charge in [0.05, 0.1) is 0 Å². The number of benzene rings is 1. The quantitative estimate of drug-likeness (QED) is 0.411. The number of carbonyl (C=O) groups is 1. The number of unbranched alkanes of at least 4 members (excludes halogenated alkanes) is 3. The number of nitrogens with one attached hydrogen (secondary N) is 1. The van der Waals surface area contributed by atoms with Gasteiger partial charge in [-0.25, -0.2) is 0 Å². The fourth-order valence-corrected chi connectivity index (χ4v) is 2.58. The first-order chi connectivity index (χ1) is 8.97. The number of hydrogen-bond donors (Lipinski definition) is 1. The van der Waals surface area contributed by atoms with Gasteiger partial charge in [0, 0.05) is 19.5 Å². The monoisotopic (exact) mass is 289 g/mol. The van der Waals surface area contributed by atoms with Crippen molar-refractivity contribution in [3.05, 3.63) is 30.3 Å². The molecule has 0 aliphatic carbocycles. The van der Waals surface area contributed by atoms with Crippen molar-refractivity contribution in [2.45, 2.75) is 32.1 Å². The topological polar surface area (TPSA) is 69.2 Å². The summed E-state index contributed by atoms with van der Waals surface area (Å²) in [7, 11) is -3.11. The second-order valence-electron chi connectivity index (χ2n) is 4.82. The van der Waals surface area contributed by atoms with Crippen molar-refractivity contribution in [3.63, 3.8) is 0 Å². The largest absolute Gasteiger partial charge is 1.00 e. The molecule has 0 saturated heterocycles. The number of carbonyl (C=O) groups excluding carboxylic acids is 1. The van der Waals surface area contributed by atoms with Crippen molar-refractivity contribution in [2.75, 3.05) is 18.1 Å². The minimum atomic E-state index is -3.11. The van der Waals surface area contributed by atoms with Crippen molar-refractivity contribution >= 4 is 19.0 Å². The van der Waals surface area contributed by atoms with Gasteiger partial charge in [-0.2, -0.15) is 0 Å². The van der Waals surface area contributed by atoms with Gasteiger partial charge >= 0.3 is 18.9 Å². The molecule has 1 atom stereocenters. The fourth-order valence-electron chi connectivity index (χ4n) is 1.78. The van der Waals surface area contributed by atoms with Crippen LogP contribution >= 0.6 is 7.37 Å². The van der Waals surface area contributed by atoms with Gasteiger partial charge in [0.15, 0.2) is 0 Å². The van der Waals surface area contributed by atoms with Crippen LogP contribution in [0.3, 0.4) is 0 Å². The minimum Gasteiger partial charge on any atom is -0.799 e. The predicted octanol–water partition coefficient (Wildman–Crippen LogP) is -0.152. The smallest absolute Gasteiger partial charge is 0.799 e. The zero-order valence-electron chi connectivity index (χ0n) is 12.3. The van der Waals surface area contributed by atoms with E-state index in [1.807, 2.05) is 30.3 Å². The fraction of sp³-hybridized carbons (Fsp3) is 0.500. The number of anilines is 1. The third kappa shape index (κ3) is 10.3. The van der Waals surface area contributed by atoms with E-state index in [1.54, 1.807) is 0 Å². The Morgan fingerprint density at radius 1 is 1.15 bits per heavy atom. The van der Waals surface area contributed by atoms with E-state index in [9.17, 15) is 14.3 Å². The third-order valence-corrected chi connectivity index (χ3v) is 3.90. The molecule has 0 radical (unpaired) electrons. The van der Waals surface area contributed by atoms with E-state index in [1.165, 1.54) is 6.66 Å². The molecule has 1 aromatic carbocycles. The maximum atomic E-state index is 11.6. The zero-order chi connectivity index (χ0) is 14.1. The molecule has 0 fully saturated rings. The van der Waals surface area contributed by atoms with Crippen LogP contribution in [-0.2, 0) is 9.36 Å². The standard InChI is InChI=1S/C14H22NO3P.Li/c1-19(17,18)12-8-3-2-7-11-14(16)15-13-9-5-4-6-10-13;/h4-6,9-10H,2-3,7-8,11-12H2,1H3,(H,15,16)(H,17,18);/q;+1/p-1. The van der Waals surface area contributed by atoms with Crippen LogP contribution in [0, 0.1) is 0 Å². The summed E-state index contributed by atoms with van der Waals surface area (Å²) < 4.78 is 10.9. The van der Waals surface area contributed by atoms with E-state index < -0.39 is 7.37 Å². The number of rotatable bonds is 8. The summed E-state index contributed by atoms with van der Waals surface area (Å²) in [5.41, 5.74) is 0.811. The average molecular weight is 289 g/mol. The molecule has 0 saturated carbocycles. The molecule has 6 heteroatoms. The first-order valence-corrected chi connectivity index (χ1v) is 8.85. The number of hydrogen-bond acceptors (Lipinski definition) is 3. The SMILES string of the molecule is CP(=O)([O-])CCCCCCC(=O)Nc1ccccc1.[Li+]. The molecule has 1 rings (SSSR count). The summed E-state index contributed by atoms with van der Waals surface area (Å²) >= 11 is 0. The van der Waals surface area contributed by atoms with Crippen LogP contribution in [0.1, 0.15) is 32.1 Å². The Hall–Kier alpha value is -0.523. The van der Waals surface area contributed by atoms with E-state index in [-0.39, 0.29) is 30.9 Å². The van der Waals surface area contributed by atoms with Crippen molar-refractivity contribution in [1.29, 1.82) is 0 Å². The molecular formula is C14H21LiNO3P. The van der Waals surface area contributed by atoms with Gasteiger partial charge in [-0.15, -0.1) is 0 Å². The van der Waals surface area contributed by atoms with Gasteiger partial charge in [-0.1, -0.05) is 31.0 Å². The van der Waals surface area contributed by atoms with Crippen LogP contribution in [0.25, 0.3) is 0 Å². The zero-order valence-corrected chi connectivity index (χ0v) is 13.2. The van der Waals surface area contributed by atoms with E-state index in [2.05, 4.69) is 5.32 Å². The second kappa shape index (κ2) is 10.2. The maximum absolute atomic E-state index is 11.6. The Bertz CT molecular complexity index is 433. The first kappa shape index (κ1) is 19.5. The van der Waals surface area contributed by atoms with Gasteiger partial charge < -0.3 is 14.8 Å². The van der Waals surface area contributed by atoms with Crippen LogP contribution in [0.5, 0.6) is 0 Å². The molecule has 1 aromatic rings. The average Bonchev–Trinajstić information content (AvgIpc) is 2.33. The van der Waals surface area contributed by atoms with Crippen LogP contribution in [0.2, 0.25) is 0 Å². The van der Waals surface area contributed by atoms with Gasteiger partial charge in [0.1, 0.15) is 0 Å². The summed E-state index contributed by atoms with van der Waals surface area (Å²) in [4.78, 5) is 22.5.